The van der Waals surface area contributed by atoms with E-state index in [1.165, 1.54) is 19.3 Å². The molecular weight excluding hydrogens is 302 g/mol. The van der Waals surface area contributed by atoms with Gasteiger partial charge in [0.25, 0.3) is 0 Å². The molecule has 2 rings (SSSR count). The summed E-state index contributed by atoms with van der Waals surface area (Å²) in [5.74, 6) is 0.0318. The molecule has 24 heavy (non-hydrogen) atoms. The Morgan fingerprint density at radius 2 is 1.58 bits per heavy atom. The summed E-state index contributed by atoms with van der Waals surface area (Å²) in [5.41, 5.74) is 1.94. The number of amides is 2. The van der Waals surface area contributed by atoms with E-state index in [4.69, 9.17) is 0 Å². The van der Waals surface area contributed by atoms with E-state index < -0.39 is 0 Å². The van der Waals surface area contributed by atoms with Gasteiger partial charge in [-0.25, -0.2) is 0 Å². The zero-order valence-electron chi connectivity index (χ0n) is 14.9. The van der Waals surface area contributed by atoms with Gasteiger partial charge in [0, 0.05) is 18.8 Å². The molecule has 0 unspecified atom stereocenters. The van der Waals surface area contributed by atoms with Gasteiger partial charge in [0.2, 0.25) is 11.8 Å². The molecule has 1 aromatic rings. The molecule has 1 aliphatic rings. The minimum atomic E-state index is -0.0955. The summed E-state index contributed by atoms with van der Waals surface area (Å²) < 4.78 is 0. The number of carbonyl (C=O) groups is 2. The van der Waals surface area contributed by atoms with Crippen LogP contribution in [0.2, 0.25) is 0 Å². The number of anilines is 1. The van der Waals surface area contributed by atoms with Crippen LogP contribution >= 0.6 is 0 Å². The van der Waals surface area contributed by atoms with Gasteiger partial charge in [-0.05, 0) is 38.9 Å². The Balaban J connectivity index is 1.76. The summed E-state index contributed by atoms with van der Waals surface area (Å²) in [6, 6.07) is 7.70. The van der Waals surface area contributed by atoms with E-state index >= 15 is 0 Å². The fourth-order valence-electron chi connectivity index (χ4n) is 2.97. The van der Waals surface area contributed by atoms with Crippen molar-refractivity contribution in [2.45, 2.75) is 39.0 Å². The van der Waals surface area contributed by atoms with Gasteiger partial charge in [0.15, 0.2) is 0 Å². The van der Waals surface area contributed by atoms with Crippen LogP contribution in [0.1, 0.15) is 37.7 Å². The van der Waals surface area contributed by atoms with Crippen molar-refractivity contribution in [3.05, 3.63) is 29.8 Å². The summed E-state index contributed by atoms with van der Waals surface area (Å²) in [5, 5.41) is 2.87. The Hall–Kier alpha value is -1.88. The largest absolute Gasteiger partial charge is 0.342 e. The number of hydrogen-bond donors (Lipinski definition) is 1. The standard InChI is InChI=1S/C19H29N3O2/c1-16-8-10-17(11-9-16)20-18(23)14-21(2)15-19(24)22-12-6-4-3-5-7-13-22/h8-11H,3-7,12-15H2,1-2H3,(H,20,23). The minimum absolute atomic E-state index is 0.0955. The van der Waals surface area contributed by atoms with Gasteiger partial charge in [0.1, 0.15) is 0 Å². The summed E-state index contributed by atoms with van der Waals surface area (Å²) in [6.45, 7) is 4.22. The Kier molecular flexibility index (Phi) is 7.25. The van der Waals surface area contributed by atoms with E-state index in [9.17, 15) is 9.59 Å². The number of likely N-dealkylation sites (tertiary alicyclic amines) is 1. The zero-order valence-corrected chi connectivity index (χ0v) is 14.9. The highest BCUT2D eigenvalue weighted by Crippen LogP contribution is 2.11. The Morgan fingerprint density at radius 3 is 2.21 bits per heavy atom. The molecule has 1 saturated heterocycles. The Bertz CT molecular complexity index is 534. The number of benzene rings is 1. The third-order valence-corrected chi connectivity index (χ3v) is 4.36. The van der Waals surface area contributed by atoms with Crippen LogP contribution < -0.4 is 5.32 Å². The molecule has 0 atom stereocenters. The molecule has 1 aromatic carbocycles. The quantitative estimate of drug-likeness (QED) is 0.902. The SMILES string of the molecule is Cc1ccc(NC(=O)CN(C)CC(=O)N2CCCCCCC2)cc1. The van der Waals surface area contributed by atoms with Crippen LogP contribution in [0, 0.1) is 6.92 Å². The number of rotatable bonds is 5. The third-order valence-electron chi connectivity index (χ3n) is 4.36. The highest BCUT2D eigenvalue weighted by atomic mass is 16.2. The van der Waals surface area contributed by atoms with Crippen molar-refractivity contribution in [3.8, 4) is 0 Å². The van der Waals surface area contributed by atoms with Crippen molar-refractivity contribution >= 4 is 17.5 Å². The number of nitrogens with zero attached hydrogens (tertiary/aromatic N) is 2. The topological polar surface area (TPSA) is 52.7 Å². The van der Waals surface area contributed by atoms with Gasteiger partial charge < -0.3 is 10.2 Å². The first kappa shape index (κ1) is 18.5. The second kappa shape index (κ2) is 9.42. The monoisotopic (exact) mass is 331 g/mol. The first-order valence-corrected chi connectivity index (χ1v) is 8.87. The lowest BCUT2D eigenvalue weighted by atomic mass is 10.1. The third kappa shape index (κ3) is 6.32. The van der Waals surface area contributed by atoms with E-state index in [0.29, 0.717) is 6.54 Å². The maximum absolute atomic E-state index is 12.4. The molecule has 0 saturated carbocycles. The van der Waals surface area contributed by atoms with Crippen molar-refractivity contribution in [3.63, 3.8) is 0 Å². The lowest BCUT2D eigenvalue weighted by molar-refractivity contribution is -0.132. The van der Waals surface area contributed by atoms with Crippen molar-refractivity contribution in [1.82, 2.24) is 9.80 Å². The fourth-order valence-corrected chi connectivity index (χ4v) is 2.97. The second-order valence-corrected chi connectivity index (χ2v) is 6.74. The van der Waals surface area contributed by atoms with Crippen LogP contribution in [0.15, 0.2) is 24.3 Å². The molecule has 0 bridgehead atoms. The van der Waals surface area contributed by atoms with Crippen molar-refractivity contribution in [1.29, 1.82) is 0 Å². The van der Waals surface area contributed by atoms with Crippen molar-refractivity contribution in [2.24, 2.45) is 0 Å². The first-order valence-electron chi connectivity index (χ1n) is 8.87. The molecular formula is C19H29N3O2. The fraction of sp³-hybridized carbons (Fsp3) is 0.579. The average molecular weight is 331 g/mol. The van der Waals surface area contributed by atoms with E-state index in [0.717, 1.165) is 37.2 Å². The van der Waals surface area contributed by atoms with Crippen LogP contribution in [0.3, 0.4) is 0 Å². The lowest BCUT2D eigenvalue weighted by Crippen LogP contribution is -2.42. The number of carbonyl (C=O) groups excluding carboxylic acids is 2. The predicted molar refractivity (Wildman–Crippen MR) is 97.0 cm³/mol. The van der Waals surface area contributed by atoms with Crippen molar-refractivity contribution < 1.29 is 9.59 Å². The highest BCUT2D eigenvalue weighted by Gasteiger charge is 2.17. The number of nitrogens with one attached hydrogen (secondary N) is 1. The van der Waals surface area contributed by atoms with Crippen LogP contribution in [0.25, 0.3) is 0 Å². The average Bonchev–Trinajstić information content (AvgIpc) is 2.48. The molecule has 0 aromatic heterocycles. The van der Waals surface area contributed by atoms with E-state index in [1.807, 2.05) is 43.1 Å². The maximum Gasteiger partial charge on any atom is 0.238 e. The van der Waals surface area contributed by atoms with Crippen LogP contribution in [0.5, 0.6) is 0 Å². The van der Waals surface area contributed by atoms with Gasteiger partial charge >= 0.3 is 0 Å². The highest BCUT2D eigenvalue weighted by molar-refractivity contribution is 5.92. The molecule has 0 radical (unpaired) electrons. The number of hydrogen-bond acceptors (Lipinski definition) is 3. The van der Waals surface area contributed by atoms with Crippen LogP contribution in [-0.4, -0.2) is 54.8 Å². The number of likely N-dealkylation sites (N-methyl/N-ethyl adjacent to an activating group) is 1. The van der Waals surface area contributed by atoms with Gasteiger partial charge in [-0.15, -0.1) is 0 Å². The predicted octanol–water partition coefficient (Wildman–Crippen LogP) is 2.66. The molecule has 0 spiro atoms. The molecule has 1 aliphatic heterocycles. The molecule has 5 nitrogen and oxygen atoms in total. The van der Waals surface area contributed by atoms with Gasteiger partial charge in [-0.1, -0.05) is 37.0 Å². The normalized spacial score (nSPS) is 15.7. The van der Waals surface area contributed by atoms with Gasteiger partial charge in [-0.2, -0.15) is 0 Å². The maximum atomic E-state index is 12.4. The van der Waals surface area contributed by atoms with E-state index in [-0.39, 0.29) is 18.4 Å². The molecule has 5 heteroatoms. The molecule has 2 amide bonds. The number of aryl methyl sites for hydroxylation is 1. The Labute approximate surface area is 145 Å². The smallest absolute Gasteiger partial charge is 0.238 e. The van der Waals surface area contributed by atoms with Gasteiger partial charge in [-0.3, -0.25) is 14.5 Å². The summed E-state index contributed by atoms with van der Waals surface area (Å²) >= 11 is 0. The van der Waals surface area contributed by atoms with Crippen molar-refractivity contribution in [2.75, 3.05) is 38.5 Å². The molecule has 1 N–H and O–H groups in total. The summed E-state index contributed by atoms with van der Waals surface area (Å²) in [7, 11) is 1.82. The zero-order chi connectivity index (χ0) is 17.4. The minimum Gasteiger partial charge on any atom is -0.342 e. The summed E-state index contributed by atoms with van der Waals surface area (Å²) in [6.07, 6.45) is 5.87. The molecule has 1 fully saturated rings. The Morgan fingerprint density at radius 1 is 1.00 bits per heavy atom. The molecule has 0 aliphatic carbocycles. The molecule has 1 heterocycles. The first-order chi connectivity index (χ1) is 11.5. The molecule has 132 valence electrons. The van der Waals surface area contributed by atoms with E-state index in [1.54, 1.807) is 4.90 Å². The summed E-state index contributed by atoms with van der Waals surface area (Å²) in [4.78, 5) is 28.2. The van der Waals surface area contributed by atoms with Crippen LogP contribution in [0.4, 0.5) is 5.69 Å². The van der Waals surface area contributed by atoms with Gasteiger partial charge in [0.05, 0.1) is 13.1 Å². The second-order valence-electron chi connectivity index (χ2n) is 6.74. The van der Waals surface area contributed by atoms with E-state index in [2.05, 4.69) is 5.32 Å². The lowest BCUT2D eigenvalue weighted by Gasteiger charge is -2.27. The van der Waals surface area contributed by atoms with Crippen LogP contribution in [-0.2, 0) is 9.59 Å².